The van der Waals surface area contributed by atoms with Gasteiger partial charge in [0.05, 0.1) is 5.56 Å². The molecule has 5 rings (SSSR count). The molecule has 2 aromatic carbocycles. The number of hydrogen-bond acceptors (Lipinski definition) is 6. The monoisotopic (exact) mass is 590 g/mol. The van der Waals surface area contributed by atoms with Gasteiger partial charge in [-0.05, 0) is 67.7 Å². The third-order valence-electron chi connectivity index (χ3n) is 7.07. The van der Waals surface area contributed by atoms with Gasteiger partial charge in [0.15, 0.2) is 0 Å². The molecule has 0 aliphatic carbocycles. The van der Waals surface area contributed by atoms with Crippen LogP contribution in [-0.4, -0.2) is 78.6 Å². The molecule has 10 nitrogen and oxygen atoms in total. The molecule has 4 N–H and O–H groups in total. The minimum absolute atomic E-state index is 0.00153. The number of nitrogens with zero attached hydrogens (tertiary/aromatic N) is 4. The minimum Gasteiger partial charge on any atom is -0.473 e. The van der Waals surface area contributed by atoms with Crippen LogP contribution >= 0.6 is 0 Å². The Kier molecular flexibility index (Phi) is 9.91. The Morgan fingerprint density at radius 1 is 1.05 bits per heavy atom. The summed E-state index contributed by atoms with van der Waals surface area (Å²) < 4.78 is 56.4. The molecule has 1 saturated heterocycles. The summed E-state index contributed by atoms with van der Waals surface area (Å²) in [7, 11) is 0. The standard InChI is InChI=1S/C26H28F4N6.C2H2O4/c27-23-15-35(11-9-25(23)32-14-19-4-1-2-6-22(19)26(28,29)30)10-3-5-18-13-31-24-8-7-20(12-21(18)24)36-16-33-34-17-36;3-1(4)2(5)6/h1-2,4,6-8,12-13,16-17,23,25,31-32H,3,5,9-11,14-15H2;(H,3,4)(H,5,6)/t23-,25+;/m1./s1. The highest BCUT2D eigenvalue weighted by Gasteiger charge is 2.34. The quantitative estimate of drug-likeness (QED) is 0.178. The Labute approximate surface area is 238 Å². The fourth-order valence-corrected chi connectivity index (χ4v) is 4.95. The van der Waals surface area contributed by atoms with Crippen molar-refractivity contribution in [2.24, 2.45) is 0 Å². The van der Waals surface area contributed by atoms with E-state index in [9.17, 15) is 17.6 Å². The first-order chi connectivity index (χ1) is 20.0. The van der Waals surface area contributed by atoms with Crippen molar-refractivity contribution in [2.75, 3.05) is 19.6 Å². The van der Waals surface area contributed by atoms with Crippen molar-refractivity contribution in [1.29, 1.82) is 0 Å². The third-order valence-corrected chi connectivity index (χ3v) is 7.07. The maximum absolute atomic E-state index is 14.9. The predicted molar refractivity (Wildman–Crippen MR) is 145 cm³/mol. The van der Waals surface area contributed by atoms with Crippen molar-refractivity contribution in [3.8, 4) is 5.69 Å². The number of fused-ring (bicyclic) bond motifs is 1. The zero-order valence-electron chi connectivity index (χ0n) is 22.4. The summed E-state index contributed by atoms with van der Waals surface area (Å²) in [6.45, 7) is 1.76. The maximum Gasteiger partial charge on any atom is 0.416 e. The van der Waals surface area contributed by atoms with Crippen molar-refractivity contribution in [2.45, 2.75) is 44.2 Å². The smallest absolute Gasteiger partial charge is 0.416 e. The molecule has 42 heavy (non-hydrogen) atoms. The van der Waals surface area contributed by atoms with Crippen LogP contribution in [0.2, 0.25) is 0 Å². The molecule has 3 heterocycles. The lowest BCUT2D eigenvalue weighted by Crippen LogP contribution is -2.50. The van der Waals surface area contributed by atoms with E-state index in [2.05, 4.69) is 31.5 Å². The number of piperidine rings is 1. The van der Waals surface area contributed by atoms with Gasteiger partial charge in [-0.15, -0.1) is 10.2 Å². The van der Waals surface area contributed by atoms with E-state index in [0.29, 0.717) is 13.0 Å². The van der Waals surface area contributed by atoms with Gasteiger partial charge in [0, 0.05) is 41.9 Å². The van der Waals surface area contributed by atoms with Crippen LogP contribution in [0.4, 0.5) is 17.6 Å². The first-order valence-electron chi connectivity index (χ1n) is 13.2. The Hall–Kier alpha value is -4.30. The van der Waals surface area contributed by atoms with Gasteiger partial charge < -0.3 is 25.4 Å². The lowest BCUT2D eigenvalue weighted by atomic mass is 10.0. The van der Waals surface area contributed by atoms with Crippen molar-refractivity contribution in [3.05, 3.63) is 78.0 Å². The normalized spacial score (nSPS) is 17.5. The molecule has 0 spiro atoms. The zero-order chi connectivity index (χ0) is 30.3. The maximum atomic E-state index is 14.9. The number of alkyl halides is 4. The van der Waals surface area contributed by atoms with Gasteiger partial charge >= 0.3 is 18.1 Å². The summed E-state index contributed by atoms with van der Waals surface area (Å²) >= 11 is 0. The number of likely N-dealkylation sites (tertiary alicyclic amines) is 1. The van der Waals surface area contributed by atoms with E-state index in [1.807, 2.05) is 22.9 Å². The van der Waals surface area contributed by atoms with E-state index in [0.717, 1.165) is 42.0 Å². The van der Waals surface area contributed by atoms with Crippen LogP contribution in [0.15, 0.2) is 61.3 Å². The van der Waals surface area contributed by atoms with Gasteiger partial charge in [-0.2, -0.15) is 13.2 Å². The number of aliphatic carboxylic acids is 2. The molecule has 14 heteroatoms. The van der Waals surface area contributed by atoms with Crippen molar-refractivity contribution in [3.63, 3.8) is 0 Å². The molecule has 0 saturated carbocycles. The van der Waals surface area contributed by atoms with E-state index in [1.54, 1.807) is 18.7 Å². The molecule has 1 fully saturated rings. The number of H-pyrrole nitrogens is 1. The fraction of sp³-hybridized carbons (Fsp3) is 0.357. The summed E-state index contributed by atoms with van der Waals surface area (Å²) in [6, 6.07) is 11.2. The highest BCUT2D eigenvalue weighted by atomic mass is 19.4. The highest BCUT2D eigenvalue weighted by molar-refractivity contribution is 6.27. The number of halogens is 4. The van der Waals surface area contributed by atoms with Gasteiger partial charge in [0.2, 0.25) is 0 Å². The Balaban J connectivity index is 0.000000612. The molecule has 224 valence electrons. The summed E-state index contributed by atoms with van der Waals surface area (Å²) in [6.07, 6.45) is 2.10. The second kappa shape index (κ2) is 13.6. The largest absolute Gasteiger partial charge is 0.473 e. The zero-order valence-corrected chi connectivity index (χ0v) is 22.4. The van der Waals surface area contributed by atoms with Gasteiger partial charge in [-0.1, -0.05) is 18.2 Å². The predicted octanol–water partition coefficient (Wildman–Crippen LogP) is 4.06. The van der Waals surface area contributed by atoms with Gasteiger partial charge in [-0.25, -0.2) is 14.0 Å². The number of carbonyl (C=O) groups is 2. The molecule has 0 amide bonds. The molecule has 0 bridgehead atoms. The number of aromatic nitrogens is 4. The molecule has 0 radical (unpaired) electrons. The second-order valence-corrected chi connectivity index (χ2v) is 9.87. The summed E-state index contributed by atoms with van der Waals surface area (Å²) in [5.74, 6) is -3.65. The summed E-state index contributed by atoms with van der Waals surface area (Å²) in [4.78, 5) is 23.6. The lowest BCUT2D eigenvalue weighted by molar-refractivity contribution is -0.159. The van der Waals surface area contributed by atoms with Crippen LogP contribution in [0.3, 0.4) is 0 Å². The number of aromatic amines is 1. The third kappa shape index (κ3) is 7.91. The lowest BCUT2D eigenvalue weighted by Gasteiger charge is -2.35. The van der Waals surface area contributed by atoms with E-state index in [1.165, 1.54) is 17.7 Å². The number of nitrogens with one attached hydrogen (secondary N) is 2. The van der Waals surface area contributed by atoms with Gasteiger partial charge in [-0.3, -0.25) is 4.57 Å². The van der Waals surface area contributed by atoms with Crippen molar-refractivity contribution in [1.82, 2.24) is 30.0 Å². The molecule has 1 aliphatic rings. The van der Waals surface area contributed by atoms with Crippen LogP contribution in [0, 0.1) is 0 Å². The van der Waals surface area contributed by atoms with Crippen molar-refractivity contribution < 1.29 is 37.4 Å². The summed E-state index contributed by atoms with van der Waals surface area (Å²) in [5.41, 5.74) is 2.73. The molecule has 0 unspecified atom stereocenters. The topological polar surface area (TPSA) is 136 Å². The average molecular weight is 591 g/mol. The molecular weight excluding hydrogens is 560 g/mol. The van der Waals surface area contributed by atoms with Crippen LogP contribution in [0.1, 0.15) is 29.5 Å². The molecular formula is C28H30F4N6O4. The van der Waals surface area contributed by atoms with Crippen LogP contribution in [-0.2, 0) is 28.7 Å². The van der Waals surface area contributed by atoms with Crippen molar-refractivity contribution >= 4 is 22.8 Å². The molecule has 2 atom stereocenters. The van der Waals surface area contributed by atoms with E-state index in [4.69, 9.17) is 19.8 Å². The molecule has 1 aliphatic heterocycles. The number of aryl methyl sites for hydroxylation is 1. The Morgan fingerprint density at radius 3 is 2.43 bits per heavy atom. The first-order valence-corrected chi connectivity index (χ1v) is 13.2. The Bertz CT molecular complexity index is 1480. The minimum atomic E-state index is -4.42. The number of carboxylic acid groups (broad SMARTS) is 2. The number of rotatable bonds is 8. The number of benzene rings is 2. The van der Waals surface area contributed by atoms with Gasteiger partial charge in [0.1, 0.15) is 18.8 Å². The molecule has 2 aromatic heterocycles. The SMILES string of the molecule is F[C@@H]1CN(CCCc2c[nH]c3ccc(-n4cnnc4)cc23)CC[C@@H]1NCc1ccccc1C(F)(F)F.O=C(O)C(=O)O. The van der Waals surface area contributed by atoms with E-state index >= 15 is 0 Å². The summed E-state index contributed by atoms with van der Waals surface area (Å²) in [5, 5.41) is 26.7. The second-order valence-electron chi connectivity index (χ2n) is 9.87. The highest BCUT2D eigenvalue weighted by Crippen LogP contribution is 2.32. The number of carboxylic acids is 2. The first kappa shape index (κ1) is 30.7. The van der Waals surface area contributed by atoms with Crippen LogP contribution in [0.5, 0.6) is 0 Å². The Morgan fingerprint density at radius 2 is 1.76 bits per heavy atom. The fourth-order valence-electron chi connectivity index (χ4n) is 4.95. The van der Waals surface area contributed by atoms with Crippen LogP contribution < -0.4 is 5.32 Å². The molecule has 4 aromatic rings. The van der Waals surface area contributed by atoms with Gasteiger partial charge in [0.25, 0.3) is 0 Å². The van der Waals surface area contributed by atoms with Crippen LogP contribution in [0.25, 0.3) is 16.6 Å². The average Bonchev–Trinajstić information content (AvgIpc) is 3.63. The van der Waals surface area contributed by atoms with E-state index < -0.39 is 35.9 Å². The number of hydrogen-bond donors (Lipinski definition) is 4. The van der Waals surface area contributed by atoms with E-state index in [-0.39, 0.29) is 18.7 Å².